The van der Waals surface area contributed by atoms with E-state index in [0.717, 1.165) is 56.0 Å². The Morgan fingerprint density at radius 3 is 1.03 bits per heavy atom. The summed E-state index contributed by atoms with van der Waals surface area (Å²) in [5.41, 5.74) is -1.97. The smallest absolute Gasteiger partial charge is 0.343 e. The van der Waals surface area contributed by atoms with Gasteiger partial charge in [-0.25, -0.2) is 24.0 Å². The standard InChI is InChI=1S/C49H40O21/c50-30-12-24(17-35(40(30)55)65-22-23-8-4-3-5-9-23)46(61)67-37-19-26(14-32(52)42(37)57)48(63)69-39-21-28(16-34(54)44(39)59)49(64)70-38-20-27(15-33(53)43(38)58)47(62)68-36-18-25(13-31(51)41(36)56)45(60)66-29-10-6-1-2-7-11-29/h3-5,8-9,12-21,29,50-59H,1-2,6-7,10-11,22H2. The summed E-state index contributed by atoms with van der Waals surface area (Å²) in [6.07, 6.45) is 4.53. The molecule has 0 heterocycles. The van der Waals surface area contributed by atoms with Gasteiger partial charge in [0.15, 0.2) is 57.5 Å². The number of benzene rings is 6. The third kappa shape index (κ3) is 11.0. The van der Waals surface area contributed by atoms with E-state index in [4.69, 9.17) is 28.4 Å². The van der Waals surface area contributed by atoms with E-state index >= 15 is 0 Å². The number of rotatable bonds is 13. The van der Waals surface area contributed by atoms with Crippen LogP contribution in [0.25, 0.3) is 0 Å². The zero-order valence-corrected chi connectivity index (χ0v) is 36.2. The Balaban J connectivity index is 1.05. The predicted octanol–water partition coefficient (Wildman–Crippen LogP) is 7.08. The van der Waals surface area contributed by atoms with E-state index in [-0.39, 0.29) is 24.0 Å². The minimum Gasteiger partial charge on any atom is -0.504 e. The van der Waals surface area contributed by atoms with Crippen LogP contribution < -0.4 is 23.7 Å². The van der Waals surface area contributed by atoms with Gasteiger partial charge < -0.3 is 79.5 Å². The number of esters is 5. The van der Waals surface area contributed by atoms with Crippen molar-refractivity contribution in [2.24, 2.45) is 0 Å². The van der Waals surface area contributed by atoms with Gasteiger partial charge in [0.25, 0.3) is 0 Å². The van der Waals surface area contributed by atoms with Gasteiger partial charge in [0.05, 0.1) is 27.8 Å². The second kappa shape index (κ2) is 20.5. The monoisotopic (exact) mass is 964 g/mol. The summed E-state index contributed by atoms with van der Waals surface area (Å²) in [5.74, 6) is -19.8. The normalized spacial score (nSPS) is 12.5. The zero-order chi connectivity index (χ0) is 50.4. The molecule has 1 aliphatic rings. The molecule has 0 amide bonds. The highest BCUT2D eigenvalue weighted by Gasteiger charge is 2.27. The van der Waals surface area contributed by atoms with Crippen LogP contribution in [0.2, 0.25) is 0 Å². The van der Waals surface area contributed by atoms with Crippen LogP contribution in [-0.4, -0.2) is 87.0 Å². The average molecular weight is 965 g/mol. The number of phenolic OH excluding ortho intramolecular Hbond substituents is 10. The van der Waals surface area contributed by atoms with Gasteiger partial charge in [-0.1, -0.05) is 43.2 Å². The quantitative estimate of drug-likeness (QED) is 0.0239. The third-order valence-corrected chi connectivity index (χ3v) is 10.6. The number of aromatic hydroxyl groups is 10. The number of hydrogen-bond donors (Lipinski definition) is 10. The molecule has 362 valence electrons. The van der Waals surface area contributed by atoms with Crippen molar-refractivity contribution in [2.45, 2.75) is 51.2 Å². The lowest BCUT2D eigenvalue weighted by atomic mass is 10.1. The van der Waals surface area contributed by atoms with Gasteiger partial charge in [0, 0.05) is 0 Å². The predicted molar refractivity (Wildman–Crippen MR) is 236 cm³/mol. The molecule has 6 aromatic rings. The number of phenols is 10. The van der Waals surface area contributed by atoms with Crippen molar-refractivity contribution in [3.63, 3.8) is 0 Å². The van der Waals surface area contributed by atoms with Crippen LogP contribution in [0.5, 0.6) is 86.2 Å². The fourth-order valence-corrected chi connectivity index (χ4v) is 6.93. The van der Waals surface area contributed by atoms with Gasteiger partial charge in [0.2, 0.25) is 28.7 Å². The summed E-state index contributed by atoms with van der Waals surface area (Å²) in [6.45, 7) is -0.0799. The molecule has 1 fully saturated rings. The molecule has 1 saturated carbocycles. The maximum Gasteiger partial charge on any atom is 0.343 e. The van der Waals surface area contributed by atoms with Crippen LogP contribution >= 0.6 is 0 Å². The fraction of sp³-hybridized carbons (Fsp3) is 0.163. The van der Waals surface area contributed by atoms with Gasteiger partial charge >= 0.3 is 29.8 Å². The Morgan fingerprint density at radius 1 is 0.386 bits per heavy atom. The zero-order valence-electron chi connectivity index (χ0n) is 36.2. The number of ether oxygens (including phenoxy) is 6. The molecule has 70 heavy (non-hydrogen) atoms. The van der Waals surface area contributed by atoms with Crippen LogP contribution in [-0.2, 0) is 11.3 Å². The summed E-state index contributed by atoms with van der Waals surface area (Å²) in [7, 11) is 0. The van der Waals surface area contributed by atoms with Crippen molar-refractivity contribution in [2.75, 3.05) is 0 Å². The molecule has 0 spiro atoms. The molecule has 21 nitrogen and oxygen atoms in total. The van der Waals surface area contributed by atoms with Crippen LogP contribution in [0.15, 0.2) is 91.0 Å². The molecular weight excluding hydrogens is 925 g/mol. The van der Waals surface area contributed by atoms with E-state index in [1.54, 1.807) is 30.3 Å². The van der Waals surface area contributed by atoms with Crippen molar-refractivity contribution in [3.8, 4) is 86.2 Å². The molecule has 6 aromatic carbocycles. The first kappa shape index (κ1) is 48.4. The first-order valence-electron chi connectivity index (χ1n) is 20.9. The molecule has 0 unspecified atom stereocenters. The topological polar surface area (TPSA) is 343 Å². The minimum atomic E-state index is -1.47. The fourth-order valence-electron chi connectivity index (χ4n) is 6.93. The first-order chi connectivity index (χ1) is 33.4. The molecule has 0 radical (unpaired) electrons. The Morgan fingerprint density at radius 2 is 0.686 bits per heavy atom. The molecular formula is C49H40O21. The Bertz CT molecular complexity index is 3030. The highest BCUT2D eigenvalue weighted by molar-refractivity contribution is 5.98. The summed E-state index contributed by atoms with van der Waals surface area (Å²) in [4.78, 5) is 66.1. The lowest BCUT2D eigenvalue weighted by Crippen LogP contribution is -2.18. The van der Waals surface area contributed by atoms with E-state index in [9.17, 15) is 75.0 Å². The Kier molecular flexibility index (Phi) is 14.2. The molecule has 21 heteroatoms. The van der Waals surface area contributed by atoms with Crippen LogP contribution in [0.1, 0.15) is 95.9 Å². The maximum atomic E-state index is 13.4. The second-order valence-electron chi connectivity index (χ2n) is 15.6. The number of carbonyl (C=O) groups excluding carboxylic acids is 5. The van der Waals surface area contributed by atoms with E-state index in [1.165, 1.54) is 0 Å². The van der Waals surface area contributed by atoms with Crippen LogP contribution in [0.4, 0.5) is 0 Å². The largest absolute Gasteiger partial charge is 0.504 e. The van der Waals surface area contributed by atoms with Crippen LogP contribution in [0, 0.1) is 0 Å². The van der Waals surface area contributed by atoms with E-state index in [2.05, 4.69) is 0 Å². The summed E-state index contributed by atoms with van der Waals surface area (Å²) >= 11 is 0. The molecule has 0 aliphatic heterocycles. The molecule has 0 saturated heterocycles. The lowest BCUT2D eigenvalue weighted by Gasteiger charge is -2.16. The second-order valence-corrected chi connectivity index (χ2v) is 15.6. The van der Waals surface area contributed by atoms with Gasteiger partial charge in [0.1, 0.15) is 12.7 Å². The lowest BCUT2D eigenvalue weighted by molar-refractivity contribution is 0.0265. The van der Waals surface area contributed by atoms with E-state index in [0.29, 0.717) is 48.7 Å². The number of carbonyl (C=O) groups is 5. The highest BCUT2D eigenvalue weighted by atomic mass is 16.6. The van der Waals surface area contributed by atoms with Crippen molar-refractivity contribution in [1.82, 2.24) is 0 Å². The maximum absolute atomic E-state index is 13.4. The minimum absolute atomic E-state index is 0.0799. The van der Waals surface area contributed by atoms with Gasteiger partial charge in [-0.05, 0) is 91.9 Å². The van der Waals surface area contributed by atoms with Crippen molar-refractivity contribution < 1.29 is 103 Å². The SMILES string of the molecule is O=C(Oc1cc(C(=O)Oc2cc(C(=O)Oc3cc(C(=O)Oc4cc(C(=O)OC5CCCCCC5)cc(O)c4O)cc(O)c3O)cc(O)c2O)cc(O)c1O)c1cc(O)c(O)c(OCc2ccccc2)c1. The molecule has 0 bridgehead atoms. The third-order valence-electron chi connectivity index (χ3n) is 10.6. The highest BCUT2D eigenvalue weighted by Crippen LogP contribution is 2.43. The molecule has 7 rings (SSSR count). The Hall–Kier alpha value is -9.53. The average Bonchev–Trinajstić information content (AvgIpc) is 3.61. The van der Waals surface area contributed by atoms with Gasteiger partial charge in [-0.2, -0.15) is 0 Å². The van der Waals surface area contributed by atoms with Gasteiger partial charge in [-0.3, -0.25) is 0 Å². The molecule has 1 aliphatic carbocycles. The van der Waals surface area contributed by atoms with Gasteiger partial charge in [-0.15, -0.1) is 0 Å². The Labute approximate surface area is 394 Å². The summed E-state index contributed by atoms with van der Waals surface area (Å²) in [5, 5.41) is 104. The van der Waals surface area contributed by atoms with E-state index < -0.39 is 133 Å². The van der Waals surface area contributed by atoms with Crippen molar-refractivity contribution in [3.05, 3.63) is 124 Å². The van der Waals surface area contributed by atoms with E-state index in [1.807, 2.05) is 0 Å². The van der Waals surface area contributed by atoms with Crippen LogP contribution in [0.3, 0.4) is 0 Å². The molecule has 0 atom stereocenters. The number of hydrogen-bond acceptors (Lipinski definition) is 21. The summed E-state index contributed by atoms with van der Waals surface area (Å²) < 4.78 is 31.8. The summed E-state index contributed by atoms with van der Waals surface area (Å²) in [6, 6.07) is 16.4. The molecule has 10 N–H and O–H groups in total. The van der Waals surface area contributed by atoms with Crippen molar-refractivity contribution >= 4 is 29.8 Å². The first-order valence-corrected chi connectivity index (χ1v) is 20.9. The van der Waals surface area contributed by atoms with Crippen molar-refractivity contribution in [1.29, 1.82) is 0 Å². The molecule has 0 aromatic heterocycles.